The largest absolute Gasteiger partial charge is 0.382 e. The zero-order valence-electron chi connectivity index (χ0n) is 26.2. The summed E-state index contributed by atoms with van der Waals surface area (Å²) in [4.78, 5) is 25.2. The number of nitrogens with zero attached hydrogens (tertiary/aromatic N) is 7. The van der Waals surface area contributed by atoms with Gasteiger partial charge in [0.2, 0.25) is 5.91 Å². The van der Waals surface area contributed by atoms with Gasteiger partial charge in [0.15, 0.2) is 0 Å². The van der Waals surface area contributed by atoms with Crippen molar-refractivity contribution in [2.45, 2.75) is 63.6 Å². The third-order valence-corrected chi connectivity index (χ3v) is 9.91. The number of pyridine rings is 1. The summed E-state index contributed by atoms with van der Waals surface area (Å²) in [6, 6.07) is 2.41. The van der Waals surface area contributed by atoms with Crippen molar-refractivity contribution in [1.29, 1.82) is 0 Å². The SMILES string of the molecule is C=CC(=O)N1CCN(C2CN(c3cc(N4CCC5(CC4)OC[C@@H](COC)n4ncc(C)c45)nc(C(F)F)c3CCC)C2)CC1. The molecular formula is C32H45F2N7O3. The van der Waals surface area contributed by atoms with Gasteiger partial charge in [0, 0.05) is 82.8 Å². The van der Waals surface area contributed by atoms with Crippen LogP contribution in [0.2, 0.25) is 0 Å². The molecule has 0 saturated carbocycles. The molecule has 1 spiro atoms. The minimum absolute atomic E-state index is 0.0253. The van der Waals surface area contributed by atoms with Crippen molar-refractivity contribution in [1.82, 2.24) is 24.6 Å². The van der Waals surface area contributed by atoms with Gasteiger partial charge in [0.1, 0.15) is 17.1 Å². The average Bonchev–Trinajstić information content (AvgIpc) is 3.41. The Hall–Kier alpha value is -3.09. The first-order valence-corrected chi connectivity index (χ1v) is 15.9. The van der Waals surface area contributed by atoms with Gasteiger partial charge in [-0.25, -0.2) is 13.8 Å². The lowest BCUT2D eigenvalue weighted by atomic mass is 9.84. The van der Waals surface area contributed by atoms with Crippen LogP contribution in [0.15, 0.2) is 24.9 Å². The van der Waals surface area contributed by atoms with E-state index in [4.69, 9.17) is 9.47 Å². The first-order chi connectivity index (χ1) is 21.3. The second-order valence-electron chi connectivity index (χ2n) is 12.6. The molecule has 4 aliphatic heterocycles. The number of methoxy groups -OCH3 is 1. The van der Waals surface area contributed by atoms with Gasteiger partial charge in [0.25, 0.3) is 6.43 Å². The zero-order valence-corrected chi connectivity index (χ0v) is 26.2. The van der Waals surface area contributed by atoms with E-state index >= 15 is 0 Å². The fourth-order valence-electron chi connectivity index (χ4n) is 7.49. The lowest BCUT2D eigenvalue weighted by Crippen LogP contribution is -2.63. The summed E-state index contributed by atoms with van der Waals surface area (Å²) in [6.45, 7) is 14.6. The van der Waals surface area contributed by atoms with E-state index in [0.717, 1.165) is 62.4 Å². The predicted molar refractivity (Wildman–Crippen MR) is 164 cm³/mol. The number of alkyl halides is 2. The molecule has 3 fully saturated rings. The first kappa shape index (κ1) is 30.9. The summed E-state index contributed by atoms with van der Waals surface area (Å²) in [7, 11) is 1.69. The summed E-state index contributed by atoms with van der Waals surface area (Å²) in [5.74, 6) is 0.589. The van der Waals surface area contributed by atoms with Gasteiger partial charge in [-0.15, -0.1) is 0 Å². The van der Waals surface area contributed by atoms with Crippen LogP contribution in [0.3, 0.4) is 0 Å². The smallest absolute Gasteiger partial charge is 0.280 e. The number of carbonyl (C=O) groups is 1. The second-order valence-corrected chi connectivity index (χ2v) is 12.6. The van der Waals surface area contributed by atoms with Crippen LogP contribution in [0.1, 0.15) is 61.2 Å². The zero-order chi connectivity index (χ0) is 31.0. The van der Waals surface area contributed by atoms with E-state index in [1.807, 2.05) is 24.1 Å². The summed E-state index contributed by atoms with van der Waals surface area (Å²) in [5.41, 5.74) is 3.21. The minimum atomic E-state index is -2.64. The van der Waals surface area contributed by atoms with Crippen LogP contribution in [0, 0.1) is 6.92 Å². The van der Waals surface area contributed by atoms with Crippen molar-refractivity contribution in [2.24, 2.45) is 0 Å². The van der Waals surface area contributed by atoms with E-state index in [0.29, 0.717) is 63.2 Å². The molecule has 10 nitrogen and oxygen atoms in total. The van der Waals surface area contributed by atoms with E-state index < -0.39 is 12.0 Å². The van der Waals surface area contributed by atoms with Crippen LogP contribution in [0.5, 0.6) is 0 Å². The van der Waals surface area contributed by atoms with E-state index in [2.05, 4.69) is 43.0 Å². The number of rotatable bonds is 9. The lowest BCUT2D eigenvalue weighted by Gasteiger charge is -2.50. The lowest BCUT2D eigenvalue weighted by molar-refractivity contribution is -0.128. The van der Waals surface area contributed by atoms with Crippen LogP contribution < -0.4 is 9.80 Å². The molecule has 12 heteroatoms. The van der Waals surface area contributed by atoms with Crippen LogP contribution in [0.4, 0.5) is 20.3 Å². The topological polar surface area (TPSA) is 79.2 Å². The Morgan fingerprint density at radius 3 is 2.55 bits per heavy atom. The normalized spacial score (nSPS) is 22.4. The highest BCUT2D eigenvalue weighted by Crippen LogP contribution is 2.44. The van der Waals surface area contributed by atoms with E-state index in [-0.39, 0.29) is 17.6 Å². The number of fused-ring (bicyclic) bond motifs is 2. The molecule has 0 unspecified atom stereocenters. The molecule has 0 bridgehead atoms. The number of halogens is 2. The van der Waals surface area contributed by atoms with Gasteiger partial charge >= 0.3 is 0 Å². The van der Waals surface area contributed by atoms with Crippen LogP contribution in [-0.2, 0) is 26.3 Å². The molecule has 2 aromatic heterocycles. The van der Waals surface area contributed by atoms with E-state index in [1.54, 1.807) is 7.11 Å². The Morgan fingerprint density at radius 2 is 1.91 bits per heavy atom. The fourth-order valence-corrected chi connectivity index (χ4v) is 7.49. The van der Waals surface area contributed by atoms with E-state index in [9.17, 15) is 13.6 Å². The number of hydrogen-bond acceptors (Lipinski definition) is 8. The van der Waals surface area contributed by atoms with Crippen LogP contribution >= 0.6 is 0 Å². The second kappa shape index (κ2) is 12.7. The van der Waals surface area contributed by atoms with Crippen LogP contribution in [-0.4, -0.2) is 109 Å². The van der Waals surface area contributed by atoms with Crippen LogP contribution in [0.25, 0.3) is 0 Å². The quantitative estimate of drug-likeness (QED) is 0.397. The van der Waals surface area contributed by atoms with Gasteiger partial charge in [-0.1, -0.05) is 19.9 Å². The molecule has 0 N–H and O–H groups in total. The Balaban J connectivity index is 1.19. The number of piperidine rings is 1. The fraction of sp³-hybridized carbons (Fsp3) is 0.656. The molecule has 4 aliphatic rings. The summed E-state index contributed by atoms with van der Waals surface area (Å²) in [6.07, 6.45) is 3.41. The third kappa shape index (κ3) is 5.60. The highest BCUT2D eigenvalue weighted by Gasteiger charge is 2.46. The van der Waals surface area contributed by atoms with Crippen molar-refractivity contribution in [3.63, 3.8) is 0 Å². The van der Waals surface area contributed by atoms with Gasteiger partial charge < -0.3 is 24.2 Å². The molecule has 3 saturated heterocycles. The maximum Gasteiger partial charge on any atom is 0.280 e. The molecule has 0 aliphatic carbocycles. The molecule has 1 amide bonds. The number of aryl methyl sites for hydroxylation is 1. The minimum Gasteiger partial charge on any atom is -0.382 e. The number of anilines is 2. The number of carbonyl (C=O) groups excluding carboxylic acids is 1. The molecule has 0 aromatic carbocycles. The molecule has 44 heavy (non-hydrogen) atoms. The third-order valence-electron chi connectivity index (χ3n) is 9.91. The highest BCUT2D eigenvalue weighted by atomic mass is 19.3. The highest BCUT2D eigenvalue weighted by molar-refractivity contribution is 5.87. The maximum absolute atomic E-state index is 14.5. The molecule has 0 radical (unpaired) electrons. The standard InChI is InChI=1S/C32H45F2N7O3/c1-5-7-25-26(40-18-23(19-40)37-12-14-39(15-13-37)28(42)6-2)16-27(36-29(25)31(33)34)38-10-8-32(9-11-38)30-22(3)17-35-41(30)24(20-43-4)21-44-32/h6,16-17,23-24,31H,2,5,7-15,18-21H2,1,3-4H3/t24-/m1/s1. The molecule has 240 valence electrons. The number of piperazine rings is 1. The average molecular weight is 614 g/mol. The van der Waals surface area contributed by atoms with Crippen molar-refractivity contribution < 1.29 is 23.0 Å². The van der Waals surface area contributed by atoms with Gasteiger partial charge in [-0.2, -0.15) is 5.10 Å². The van der Waals surface area contributed by atoms with Gasteiger partial charge in [0.05, 0.1) is 31.1 Å². The number of ether oxygens (including phenoxy) is 2. The van der Waals surface area contributed by atoms with Crippen molar-refractivity contribution in [2.75, 3.05) is 82.5 Å². The summed E-state index contributed by atoms with van der Waals surface area (Å²) in [5, 5.41) is 4.66. The van der Waals surface area contributed by atoms with Crippen molar-refractivity contribution >= 4 is 17.4 Å². The van der Waals surface area contributed by atoms with Crippen molar-refractivity contribution in [3.8, 4) is 0 Å². The summed E-state index contributed by atoms with van der Waals surface area (Å²) < 4.78 is 43.1. The monoisotopic (exact) mass is 613 g/mol. The first-order valence-electron chi connectivity index (χ1n) is 15.9. The molecular weight excluding hydrogens is 568 g/mol. The Labute approximate surface area is 258 Å². The Bertz CT molecular complexity index is 1350. The number of amides is 1. The Morgan fingerprint density at radius 1 is 1.18 bits per heavy atom. The molecule has 2 aromatic rings. The van der Waals surface area contributed by atoms with Gasteiger partial charge in [-0.05, 0) is 37.8 Å². The van der Waals surface area contributed by atoms with Gasteiger partial charge in [-0.3, -0.25) is 14.4 Å². The maximum atomic E-state index is 14.5. The summed E-state index contributed by atoms with van der Waals surface area (Å²) >= 11 is 0. The number of hydrogen-bond donors (Lipinski definition) is 0. The molecule has 1 atom stereocenters. The molecule has 6 heterocycles. The molecule has 6 rings (SSSR count). The Kier molecular flexibility index (Phi) is 8.94. The number of aromatic nitrogens is 3. The van der Waals surface area contributed by atoms with E-state index in [1.165, 1.54) is 6.08 Å². The van der Waals surface area contributed by atoms with Crippen molar-refractivity contribution in [3.05, 3.63) is 47.4 Å². The predicted octanol–water partition coefficient (Wildman–Crippen LogP) is 3.71.